The fourth-order valence-corrected chi connectivity index (χ4v) is 4.70. The van der Waals surface area contributed by atoms with E-state index < -0.39 is 0 Å². The Morgan fingerprint density at radius 2 is 1.44 bits per heavy atom. The van der Waals surface area contributed by atoms with Crippen molar-refractivity contribution >= 4 is 11.6 Å². The van der Waals surface area contributed by atoms with Gasteiger partial charge in [-0.15, -0.1) is 0 Å². The van der Waals surface area contributed by atoms with Crippen LogP contribution in [0.2, 0.25) is 0 Å². The number of halogens is 1. The fourth-order valence-electron chi connectivity index (χ4n) is 4.70. The highest BCUT2D eigenvalue weighted by Gasteiger charge is 2.34. The van der Waals surface area contributed by atoms with E-state index in [2.05, 4.69) is 34.1 Å². The van der Waals surface area contributed by atoms with Crippen molar-refractivity contribution in [3.8, 4) is 0 Å². The van der Waals surface area contributed by atoms with Gasteiger partial charge in [0.05, 0.1) is 18.3 Å². The lowest BCUT2D eigenvalue weighted by Gasteiger charge is -2.35. The molecule has 0 saturated carbocycles. The maximum atomic E-state index is 13.5. The zero-order valence-corrected chi connectivity index (χ0v) is 19.2. The Morgan fingerprint density at radius 1 is 0.824 bits per heavy atom. The van der Waals surface area contributed by atoms with Gasteiger partial charge in [0, 0.05) is 39.1 Å². The van der Waals surface area contributed by atoms with Gasteiger partial charge in [-0.05, 0) is 28.8 Å². The van der Waals surface area contributed by atoms with Gasteiger partial charge < -0.3 is 0 Å². The summed E-state index contributed by atoms with van der Waals surface area (Å²) in [4.78, 5) is 18.0. The second-order valence-corrected chi connectivity index (χ2v) is 8.96. The molecule has 2 heterocycles. The molecule has 6 heteroatoms. The number of hydrogen-bond donors (Lipinski definition) is 0. The molecule has 3 aromatic carbocycles. The minimum Gasteiger partial charge on any atom is -0.297 e. The van der Waals surface area contributed by atoms with Gasteiger partial charge in [0.15, 0.2) is 0 Å². The lowest BCUT2D eigenvalue weighted by atomic mass is 9.98. The highest BCUT2D eigenvalue weighted by atomic mass is 19.1. The number of nitrogens with zero attached hydrogens (tertiary/aromatic N) is 4. The zero-order valence-electron chi connectivity index (χ0n) is 19.2. The summed E-state index contributed by atoms with van der Waals surface area (Å²) in [6.45, 7) is 4.84. The summed E-state index contributed by atoms with van der Waals surface area (Å²) in [6.07, 6.45) is 0.617. The van der Waals surface area contributed by atoms with Crippen LogP contribution in [0.4, 0.5) is 4.39 Å². The average Bonchev–Trinajstić information content (AvgIpc) is 3.33. The quantitative estimate of drug-likeness (QED) is 0.555. The van der Waals surface area contributed by atoms with Crippen molar-refractivity contribution in [2.45, 2.75) is 19.0 Å². The first kappa shape index (κ1) is 22.4. The minimum atomic E-state index is -0.280. The van der Waals surface area contributed by atoms with Crippen LogP contribution < -0.4 is 0 Å². The lowest BCUT2D eigenvalue weighted by Crippen LogP contribution is -2.49. The summed E-state index contributed by atoms with van der Waals surface area (Å²) in [5, 5.41) is 6.36. The monoisotopic (exact) mass is 456 g/mol. The second kappa shape index (κ2) is 10.3. The topological polar surface area (TPSA) is 39.2 Å². The third-order valence-corrected chi connectivity index (χ3v) is 6.60. The molecule has 0 radical (unpaired) electrons. The molecule has 1 unspecified atom stereocenters. The standard InChI is InChI=1S/C28H29FN4O/c29-25-13-11-24(12-14-25)27-19-26(23-9-5-2-6-10-23)30-33(27)28(34)21-32-17-15-31(16-18-32)20-22-7-3-1-4-8-22/h1-14,27H,15-21H2. The van der Waals surface area contributed by atoms with Gasteiger partial charge in [-0.1, -0.05) is 72.8 Å². The first-order chi connectivity index (χ1) is 16.7. The second-order valence-electron chi connectivity index (χ2n) is 8.96. The Labute approximate surface area is 200 Å². The van der Waals surface area contributed by atoms with Crippen molar-refractivity contribution in [2.75, 3.05) is 32.7 Å². The third kappa shape index (κ3) is 5.24. The normalized spacial score (nSPS) is 19.3. The average molecular weight is 457 g/mol. The molecular formula is C28H29FN4O. The van der Waals surface area contributed by atoms with E-state index in [-0.39, 0.29) is 17.8 Å². The van der Waals surface area contributed by atoms with Gasteiger partial charge in [0.1, 0.15) is 5.82 Å². The molecule has 1 saturated heterocycles. The maximum Gasteiger partial charge on any atom is 0.257 e. The van der Waals surface area contributed by atoms with Gasteiger partial charge in [-0.2, -0.15) is 5.10 Å². The van der Waals surface area contributed by atoms with Crippen molar-refractivity contribution in [1.82, 2.24) is 14.8 Å². The van der Waals surface area contributed by atoms with E-state index in [1.165, 1.54) is 17.7 Å². The third-order valence-electron chi connectivity index (χ3n) is 6.60. The van der Waals surface area contributed by atoms with Crippen molar-refractivity contribution in [3.63, 3.8) is 0 Å². The summed E-state index contributed by atoms with van der Waals surface area (Å²) in [5.74, 6) is -0.297. The molecule has 2 aliphatic rings. The molecule has 1 amide bonds. The highest BCUT2D eigenvalue weighted by molar-refractivity contribution is 6.03. The predicted molar refractivity (Wildman–Crippen MR) is 132 cm³/mol. The largest absolute Gasteiger partial charge is 0.297 e. The molecule has 174 valence electrons. The Bertz CT molecular complexity index is 1130. The molecule has 1 atom stereocenters. The van der Waals surface area contributed by atoms with Crippen molar-refractivity contribution < 1.29 is 9.18 Å². The Morgan fingerprint density at radius 3 is 2.12 bits per heavy atom. The van der Waals surface area contributed by atoms with Crippen molar-refractivity contribution in [2.24, 2.45) is 5.10 Å². The van der Waals surface area contributed by atoms with E-state index in [0.29, 0.717) is 13.0 Å². The number of amides is 1. The Balaban J connectivity index is 1.25. The number of benzene rings is 3. The Kier molecular flexibility index (Phi) is 6.79. The van der Waals surface area contributed by atoms with Gasteiger partial charge in [0.25, 0.3) is 5.91 Å². The number of rotatable bonds is 6. The number of carbonyl (C=O) groups is 1. The highest BCUT2D eigenvalue weighted by Crippen LogP contribution is 2.33. The van der Waals surface area contributed by atoms with Gasteiger partial charge in [-0.25, -0.2) is 9.40 Å². The van der Waals surface area contributed by atoms with Gasteiger partial charge >= 0.3 is 0 Å². The Hall–Kier alpha value is -3.35. The van der Waals surface area contributed by atoms with Crippen molar-refractivity contribution in [3.05, 3.63) is 107 Å². The van der Waals surface area contributed by atoms with Crippen LogP contribution in [0.25, 0.3) is 0 Å². The van der Waals surface area contributed by atoms with E-state index in [1.54, 1.807) is 17.1 Å². The van der Waals surface area contributed by atoms with Crippen LogP contribution in [0.1, 0.15) is 29.2 Å². The van der Waals surface area contributed by atoms with Crippen LogP contribution in [-0.4, -0.2) is 59.2 Å². The van der Waals surface area contributed by atoms with E-state index in [4.69, 9.17) is 5.10 Å². The molecule has 0 bridgehead atoms. The van der Waals surface area contributed by atoms with E-state index in [1.807, 2.05) is 36.4 Å². The molecule has 2 aliphatic heterocycles. The van der Waals surface area contributed by atoms with E-state index in [0.717, 1.165) is 49.6 Å². The zero-order chi connectivity index (χ0) is 23.3. The van der Waals surface area contributed by atoms with Crippen LogP contribution >= 0.6 is 0 Å². The van der Waals surface area contributed by atoms with Crippen LogP contribution in [0.5, 0.6) is 0 Å². The SMILES string of the molecule is O=C(CN1CCN(Cc2ccccc2)CC1)N1N=C(c2ccccc2)CC1c1ccc(F)cc1. The van der Waals surface area contributed by atoms with E-state index >= 15 is 0 Å². The first-order valence-electron chi connectivity index (χ1n) is 11.8. The number of hydrogen-bond acceptors (Lipinski definition) is 4. The van der Waals surface area contributed by atoms with Gasteiger partial charge in [0.2, 0.25) is 0 Å². The molecule has 5 rings (SSSR count). The van der Waals surface area contributed by atoms with Gasteiger partial charge in [-0.3, -0.25) is 14.6 Å². The number of carbonyl (C=O) groups excluding carboxylic acids is 1. The summed E-state index contributed by atoms with van der Waals surface area (Å²) in [7, 11) is 0. The lowest BCUT2D eigenvalue weighted by molar-refractivity contribution is -0.134. The van der Waals surface area contributed by atoms with Crippen LogP contribution in [0.15, 0.2) is 90.0 Å². The number of hydrazone groups is 1. The molecule has 1 fully saturated rings. The first-order valence-corrected chi connectivity index (χ1v) is 11.8. The molecule has 0 N–H and O–H groups in total. The van der Waals surface area contributed by atoms with E-state index in [9.17, 15) is 9.18 Å². The summed E-state index contributed by atoms with van der Waals surface area (Å²) in [6, 6.07) is 26.6. The molecule has 0 aliphatic carbocycles. The van der Waals surface area contributed by atoms with Crippen LogP contribution in [-0.2, 0) is 11.3 Å². The molecule has 0 spiro atoms. The molecule has 5 nitrogen and oxygen atoms in total. The van der Waals surface area contributed by atoms with Crippen molar-refractivity contribution in [1.29, 1.82) is 0 Å². The summed E-state index contributed by atoms with van der Waals surface area (Å²) < 4.78 is 13.5. The molecule has 34 heavy (non-hydrogen) atoms. The fraction of sp³-hybridized carbons (Fsp3) is 0.286. The summed E-state index contributed by atoms with van der Waals surface area (Å²) >= 11 is 0. The molecular weight excluding hydrogens is 427 g/mol. The molecule has 0 aromatic heterocycles. The van der Waals surface area contributed by atoms with Crippen LogP contribution in [0, 0.1) is 5.82 Å². The minimum absolute atomic E-state index is 0.0169. The predicted octanol–water partition coefficient (Wildman–Crippen LogP) is 4.32. The summed E-state index contributed by atoms with van der Waals surface area (Å²) in [5.41, 5.74) is 4.11. The smallest absolute Gasteiger partial charge is 0.257 e. The maximum absolute atomic E-state index is 13.5. The van der Waals surface area contributed by atoms with Crippen LogP contribution in [0.3, 0.4) is 0 Å². The number of piperazine rings is 1. The molecule has 3 aromatic rings.